The van der Waals surface area contributed by atoms with Crippen LogP contribution in [-0.2, 0) is 16.1 Å². The quantitative estimate of drug-likeness (QED) is 0.825. The number of phenolic OH excluding ortho intramolecular Hbond substituents is 1. The molecular weight excluding hydrogens is 284 g/mol. The molecule has 2 rings (SSSR count). The second-order valence-electron chi connectivity index (χ2n) is 4.65. The Bertz CT molecular complexity index is 631. The van der Waals surface area contributed by atoms with Gasteiger partial charge in [-0.25, -0.2) is 0 Å². The van der Waals surface area contributed by atoms with Crippen LogP contribution >= 0.6 is 0 Å². The molecule has 0 aliphatic heterocycles. The Kier molecular flexibility index (Phi) is 5.30. The van der Waals surface area contributed by atoms with Gasteiger partial charge in [-0.2, -0.15) is 0 Å². The summed E-state index contributed by atoms with van der Waals surface area (Å²) < 4.78 is 10.7. The summed E-state index contributed by atoms with van der Waals surface area (Å²) in [5, 5.41) is 10.0. The molecular formula is C16H18N2O4. The molecule has 0 unspecified atom stereocenters. The van der Waals surface area contributed by atoms with Crippen LogP contribution in [0.2, 0.25) is 0 Å². The molecule has 0 aliphatic rings. The molecule has 1 atom stereocenters. The van der Waals surface area contributed by atoms with Crippen LogP contribution in [0.1, 0.15) is 31.0 Å². The highest BCUT2D eigenvalue weighted by atomic mass is 16.5. The molecule has 0 spiro atoms. The van der Waals surface area contributed by atoms with Gasteiger partial charge in [0, 0.05) is 18.0 Å². The van der Waals surface area contributed by atoms with Crippen LogP contribution in [0.3, 0.4) is 0 Å². The van der Waals surface area contributed by atoms with Crippen LogP contribution in [0.4, 0.5) is 0 Å². The Labute approximate surface area is 128 Å². The van der Waals surface area contributed by atoms with Crippen molar-refractivity contribution in [3.05, 3.63) is 48.0 Å². The molecule has 0 amide bonds. The topological polar surface area (TPSA) is 81.5 Å². The fourth-order valence-electron chi connectivity index (χ4n) is 1.99. The van der Waals surface area contributed by atoms with Crippen molar-refractivity contribution in [3.8, 4) is 11.5 Å². The van der Waals surface area contributed by atoms with Crippen molar-refractivity contribution in [2.45, 2.75) is 26.4 Å². The molecule has 0 saturated heterocycles. The first-order valence-electron chi connectivity index (χ1n) is 6.99. The van der Waals surface area contributed by atoms with E-state index in [1.807, 2.05) is 0 Å². The summed E-state index contributed by atoms with van der Waals surface area (Å²) in [5.74, 6) is -0.674. The average Bonchev–Trinajstić information content (AvgIpc) is 2.54. The minimum atomic E-state index is -0.538. The van der Waals surface area contributed by atoms with Gasteiger partial charge in [-0.1, -0.05) is 12.1 Å². The summed E-state index contributed by atoms with van der Waals surface area (Å²) in [6.45, 7) is 3.91. The number of nitrogens with zero attached hydrogens (tertiary/aromatic N) is 2. The molecule has 1 N–H and O–H groups in total. The highest BCUT2D eigenvalue weighted by molar-refractivity contribution is 5.79. The highest BCUT2D eigenvalue weighted by Crippen LogP contribution is 2.35. The summed E-state index contributed by atoms with van der Waals surface area (Å²) in [6.07, 6.45) is 4.71. The molecule has 6 nitrogen and oxygen atoms in total. The first-order chi connectivity index (χ1) is 10.6. The molecule has 2 aromatic rings. The van der Waals surface area contributed by atoms with E-state index in [-0.39, 0.29) is 24.1 Å². The Morgan fingerprint density at radius 3 is 2.86 bits per heavy atom. The van der Waals surface area contributed by atoms with Gasteiger partial charge in [-0.3, -0.25) is 14.8 Å². The number of para-hydroxylation sites is 1. The Balaban J connectivity index is 2.21. The van der Waals surface area contributed by atoms with Gasteiger partial charge in [0.25, 0.3) is 0 Å². The predicted molar refractivity (Wildman–Crippen MR) is 79.5 cm³/mol. The summed E-state index contributed by atoms with van der Waals surface area (Å²) in [7, 11) is 0. The number of phenols is 1. The maximum atomic E-state index is 11.9. The maximum absolute atomic E-state index is 11.9. The SMILES string of the molecule is CCOC(=O)[C@H](C)c1cccc(O)c1OCc1cnccn1. The van der Waals surface area contributed by atoms with Gasteiger partial charge in [-0.05, 0) is 19.9 Å². The third-order valence-corrected chi connectivity index (χ3v) is 3.11. The molecule has 0 fully saturated rings. The number of ether oxygens (including phenoxy) is 2. The van der Waals surface area contributed by atoms with Gasteiger partial charge in [0.1, 0.15) is 6.61 Å². The minimum absolute atomic E-state index is 0.0301. The van der Waals surface area contributed by atoms with Crippen LogP contribution in [0.25, 0.3) is 0 Å². The number of carbonyl (C=O) groups is 1. The number of carbonyl (C=O) groups excluding carboxylic acids is 1. The summed E-state index contributed by atoms with van der Waals surface area (Å²) in [5.41, 5.74) is 1.20. The lowest BCUT2D eigenvalue weighted by Crippen LogP contribution is -2.14. The second kappa shape index (κ2) is 7.40. The summed E-state index contributed by atoms with van der Waals surface area (Å²) in [6, 6.07) is 4.90. The molecule has 0 radical (unpaired) electrons. The van der Waals surface area contributed by atoms with E-state index in [4.69, 9.17) is 9.47 Å². The summed E-state index contributed by atoms with van der Waals surface area (Å²) in [4.78, 5) is 20.0. The Hall–Kier alpha value is -2.63. The highest BCUT2D eigenvalue weighted by Gasteiger charge is 2.22. The third-order valence-electron chi connectivity index (χ3n) is 3.11. The van der Waals surface area contributed by atoms with Gasteiger partial charge < -0.3 is 14.6 Å². The normalized spacial score (nSPS) is 11.7. The molecule has 6 heteroatoms. The molecule has 0 saturated carbocycles. The molecule has 0 aliphatic carbocycles. The van der Waals surface area contributed by atoms with E-state index in [1.165, 1.54) is 6.07 Å². The van der Waals surface area contributed by atoms with Gasteiger partial charge >= 0.3 is 5.97 Å². The first kappa shape index (κ1) is 15.8. The predicted octanol–water partition coefficient (Wildman–Crippen LogP) is 2.43. The average molecular weight is 302 g/mol. The first-order valence-corrected chi connectivity index (χ1v) is 6.99. The van der Waals surface area contributed by atoms with E-state index >= 15 is 0 Å². The van der Waals surface area contributed by atoms with Crippen LogP contribution < -0.4 is 4.74 Å². The standard InChI is InChI=1S/C16H18N2O4/c1-3-21-16(20)11(2)13-5-4-6-14(19)15(13)22-10-12-9-17-7-8-18-12/h4-9,11,19H,3,10H2,1-2H3/t11-/m1/s1. The number of rotatable bonds is 6. The zero-order valence-corrected chi connectivity index (χ0v) is 12.5. The van der Waals surface area contributed by atoms with Crippen molar-refractivity contribution in [1.29, 1.82) is 0 Å². The maximum Gasteiger partial charge on any atom is 0.313 e. The van der Waals surface area contributed by atoms with Crippen molar-refractivity contribution < 1.29 is 19.4 Å². The minimum Gasteiger partial charge on any atom is -0.504 e. The number of hydrogen-bond donors (Lipinski definition) is 1. The van der Waals surface area contributed by atoms with Crippen molar-refractivity contribution in [2.75, 3.05) is 6.61 Å². The lowest BCUT2D eigenvalue weighted by atomic mass is 10.00. The molecule has 1 heterocycles. The van der Waals surface area contributed by atoms with Crippen molar-refractivity contribution in [3.63, 3.8) is 0 Å². The van der Waals surface area contributed by atoms with E-state index in [0.29, 0.717) is 17.9 Å². The Morgan fingerprint density at radius 1 is 1.36 bits per heavy atom. The van der Waals surface area contributed by atoms with E-state index in [0.717, 1.165) is 0 Å². The van der Waals surface area contributed by atoms with E-state index in [1.54, 1.807) is 44.6 Å². The smallest absolute Gasteiger partial charge is 0.313 e. The lowest BCUT2D eigenvalue weighted by molar-refractivity contribution is -0.144. The molecule has 22 heavy (non-hydrogen) atoms. The van der Waals surface area contributed by atoms with Crippen molar-refractivity contribution >= 4 is 5.97 Å². The molecule has 1 aromatic carbocycles. The Morgan fingerprint density at radius 2 is 2.18 bits per heavy atom. The number of aromatic nitrogens is 2. The van der Waals surface area contributed by atoms with Crippen molar-refractivity contribution in [1.82, 2.24) is 9.97 Å². The van der Waals surface area contributed by atoms with E-state index < -0.39 is 5.92 Å². The molecule has 0 bridgehead atoms. The largest absolute Gasteiger partial charge is 0.504 e. The fraction of sp³-hybridized carbons (Fsp3) is 0.312. The van der Waals surface area contributed by atoms with Gasteiger partial charge in [0.15, 0.2) is 11.5 Å². The van der Waals surface area contributed by atoms with Gasteiger partial charge in [0.2, 0.25) is 0 Å². The number of benzene rings is 1. The van der Waals surface area contributed by atoms with Crippen molar-refractivity contribution in [2.24, 2.45) is 0 Å². The van der Waals surface area contributed by atoms with Crippen LogP contribution in [0, 0.1) is 0 Å². The van der Waals surface area contributed by atoms with E-state index in [9.17, 15) is 9.90 Å². The molecule has 1 aromatic heterocycles. The van der Waals surface area contributed by atoms with Gasteiger partial charge in [0.05, 0.1) is 24.4 Å². The van der Waals surface area contributed by atoms with E-state index in [2.05, 4.69) is 9.97 Å². The van der Waals surface area contributed by atoms with Crippen LogP contribution in [-0.4, -0.2) is 27.7 Å². The van der Waals surface area contributed by atoms with Gasteiger partial charge in [-0.15, -0.1) is 0 Å². The number of aromatic hydroxyl groups is 1. The van der Waals surface area contributed by atoms with Crippen LogP contribution in [0.15, 0.2) is 36.8 Å². The lowest BCUT2D eigenvalue weighted by Gasteiger charge is -2.17. The summed E-state index contributed by atoms with van der Waals surface area (Å²) >= 11 is 0. The zero-order valence-electron chi connectivity index (χ0n) is 12.5. The second-order valence-corrected chi connectivity index (χ2v) is 4.65. The van der Waals surface area contributed by atoms with Crippen LogP contribution in [0.5, 0.6) is 11.5 Å². The molecule has 116 valence electrons. The number of hydrogen-bond acceptors (Lipinski definition) is 6. The zero-order chi connectivity index (χ0) is 15.9. The number of esters is 1. The monoisotopic (exact) mass is 302 g/mol. The fourth-order valence-corrected chi connectivity index (χ4v) is 1.99. The third kappa shape index (κ3) is 3.72.